The molecule has 0 aromatic carbocycles. The normalized spacial score (nSPS) is 13.9. The van der Waals surface area contributed by atoms with E-state index in [1.807, 2.05) is 0 Å². The highest BCUT2D eigenvalue weighted by Crippen LogP contribution is 2.27. The number of ether oxygens (including phenoxy) is 1. The van der Waals surface area contributed by atoms with Crippen LogP contribution in [0.4, 0.5) is 0 Å². The van der Waals surface area contributed by atoms with Crippen LogP contribution in [-0.4, -0.2) is 29.6 Å². The average Bonchev–Trinajstić information content (AvgIpc) is 2.13. The van der Waals surface area contributed by atoms with Crippen LogP contribution in [0, 0.1) is 0 Å². The molecule has 0 spiro atoms. The predicted molar refractivity (Wildman–Crippen MR) is 56.8 cm³/mol. The van der Waals surface area contributed by atoms with Crippen molar-refractivity contribution in [2.45, 2.75) is 38.0 Å². The molecule has 0 radical (unpaired) electrons. The highest BCUT2D eigenvalue weighted by atomic mass is 32.2. The zero-order valence-corrected chi connectivity index (χ0v) is 9.61. The number of rotatable bonds is 5. The van der Waals surface area contributed by atoms with Gasteiger partial charge in [-0.2, -0.15) is 11.8 Å². The highest BCUT2D eigenvalue weighted by molar-refractivity contribution is 8.00. The zero-order chi connectivity index (χ0) is 10.5. The first kappa shape index (κ1) is 12.8. The summed E-state index contributed by atoms with van der Waals surface area (Å²) >= 11 is 1.70. The van der Waals surface area contributed by atoms with Crippen LogP contribution in [0.1, 0.15) is 27.2 Å². The van der Waals surface area contributed by atoms with Gasteiger partial charge in [0, 0.05) is 10.5 Å². The van der Waals surface area contributed by atoms with Gasteiger partial charge in [-0.3, -0.25) is 4.79 Å². The third-order valence-corrected chi connectivity index (χ3v) is 3.60. The second kappa shape index (κ2) is 5.50. The molecule has 0 bridgehead atoms. The summed E-state index contributed by atoms with van der Waals surface area (Å²) in [4.78, 5) is 11.0. The molecule has 4 heteroatoms. The van der Waals surface area contributed by atoms with E-state index >= 15 is 0 Å². The SMILES string of the molecule is CCC(C)(C)SCC(N)C(=O)OC. The number of thioether (sulfide) groups is 1. The molecule has 0 amide bonds. The number of nitrogens with two attached hydrogens (primary N) is 1. The number of hydrogen-bond acceptors (Lipinski definition) is 4. The van der Waals surface area contributed by atoms with Gasteiger partial charge in [0.25, 0.3) is 0 Å². The molecule has 0 aromatic rings. The minimum absolute atomic E-state index is 0.186. The summed E-state index contributed by atoms with van der Waals surface area (Å²) in [7, 11) is 1.36. The van der Waals surface area contributed by atoms with Crippen LogP contribution in [0.25, 0.3) is 0 Å². The Morgan fingerprint density at radius 2 is 2.15 bits per heavy atom. The number of carbonyl (C=O) groups is 1. The lowest BCUT2D eigenvalue weighted by molar-refractivity contribution is -0.141. The van der Waals surface area contributed by atoms with Gasteiger partial charge in [-0.15, -0.1) is 0 Å². The fraction of sp³-hybridized carbons (Fsp3) is 0.889. The monoisotopic (exact) mass is 205 g/mol. The fourth-order valence-corrected chi connectivity index (χ4v) is 1.61. The van der Waals surface area contributed by atoms with E-state index in [2.05, 4.69) is 25.5 Å². The third-order valence-electron chi connectivity index (χ3n) is 2.01. The lowest BCUT2D eigenvalue weighted by atomic mass is 10.1. The molecule has 0 aliphatic heterocycles. The lowest BCUT2D eigenvalue weighted by Crippen LogP contribution is -2.35. The van der Waals surface area contributed by atoms with Crippen LogP contribution in [0.2, 0.25) is 0 Å². The molecule has 0 aliphatic carbocycles. The van der Waals surface area contributed by atoms with Crippen LogP contribution in [0.5, 0.6) is 0 Å². The smallest absolute Gasteiger partial charge is 0.323 e. The first-order chi connectivity index (χ1) is 5.93. The van der Waals surface area contributed by atoms with Crippen molar-refractivity contribution in [1.82, 2.24) is 0 Å². The summed E-state index contributed by atoms with van der Waals surface area (Å²) in [5, 5.41) is 0. The van der Waals surface area contributed by atoms with E-state index in [-0.39, 0.29) is 10.7 Å². The molecule has 13 heavy (non-hydrogen) atoms. The van der Waals surface area contributed by atoms with Crippen LogP contribution in [0.3, 0.4) is 0 Å². The molecule has 0 aliphatic rings. The summed E-state index contributed by atoms with van der Waals surface area (Å²) in [6.07, 6.45) is 1.06. The standard InChI is InChI=1S/C9H19NO2S/c1-5-9(2,3)13-6-7(10)8(11)12-4/h7H,5-6,10H2,1-4H3. The maximum Gasteiger partial charge on any atom is 0.323 e. The van der Waals surface area contributed by atoms with E-state index in [0.29, 0.717) is 5.75 Å². The molecule has 3 nitrogen and oxygen atoms in total. The van der Waals surface area contributed by atoms with Crippen molar-refractivity contribution < 1.29 is 9.53 Å². The topological polar surface area (TPSA) is 52.3 Å². The molecule has 2 N–H and O–H groups in total. The van der Waals surface area contributed by atoms with E-state index in [1.54, 1.807) is 11.8 Å². The summed E-state index contributed by atoms with van der Waals surface area (Å²) < 4.78 is 4.72. The van der Waals surface area contributed by atoms with E-state index < -0.39 is 6.04 Å². The lowest BCUT2D eigenvalue weighted by Gasteiger charge is -2.23. The largest absolute Gasteiger partial charge is 0.468 e. The molecular weight excluding hydrogens is 186 g/mol. The maximum atomic E-state index is 11.0. The van der Waals surface area contributed by atoms with Crippen molar-refractivity contribution in [3.8, 4) is 0 Å². The van der Waals surface area contributed by atoms with Gasteiger partial charge >= 0.3 is 5.97 Å². The molecule has 78 valence electrons. The van der Waals surface area contributed by atoms with Crippen molar-refractivity contribution in [3.63, 3.8) is 0 Å². The number of methoxy groups -OCH3 is 1. The first-order valence-corrected chi connectivity index (χ1v) is 5.39. The summed E-state index contributed by atoms with van der Waals surface area (Å²) in [6.45, 7) is 6.40. The summed E-state index contributed by atoms with van der Waals surface area (Å²) in [5.74, 6) is 0.285. The highest BCUT2D eigenvalue weighted by Gasteiger charge is 2.20. The molecule has 0 saturated heterocycles. The average molecular weight is 205 g/mol. The Balaban J connectivity index is 3.82. The van der Waals surface area contributed by atoms with Crippen LogP contribution < -0.4 is 5.73 Å². The Bertz CT molecular complexity index is 171. The number of carbonyl (C=O) groups excluding carboxylic acids is 1. The Kier molecular flexibility index (Phi) is 5.40. The second-order valence-corrected chi connectivity index (χ2v) is 5.28. The fourth-order valence-electron chi connectivity index (χ4n) is 0.637. The predicted octanol–water partition coefficient (Wildman–Crippen LogP) is 1.41. The number of hydrogen-bond donors (Lipinski definition) is 1. The second-order valence-electron chi connectivity index (χ2n) is 3.55. The minimum Gasteiger partial charge on any atom is -0.468 e. The van der Waals surface area contributed by atoms with Crippen molar-refractivity contribution in [2.75, 3.05) is 12.9 Å². The van der Waals surface area contributed by atoms with Crippen LogP contribution in [-0.2, 0) is 9.53 Å². The van der Waals surface area contributed by atoms with Gasteiger partial charge < -0.3 is 10.5 Å². The van der Waals surface area contributed by atoms with E-state index in [0.717, 1.165) is 6.42 Å². The quantitative estimate of drug-likeness (QED) is 0.689. The Labute approximate surface area is 84.4 Å². The van der Waals surface area contributed by atoms with Crippen LogP contribution in [0.15, 0.2) is 0 Å². The van der Waals surface area contributed by atoms with Crippen molar-refractivity contribution in [3.05, 3.63) is 0 Å². The Morgan fingerprint density at radius 1 is 1.62 bits per heavy atom. The molecule has 0 rings (SSSR count). The molecule has 0 heterocycles. The van der Waals surface area contributed by atoms with Gasteiger partial charge in [0.2, 0.25) is 0 Å². The van der Waals surface area contributed by atoms with Crippen LogP contribution >= 0.6 is 11.8 Å². The number of esters is 1. The Morgan fingerprint density at radius 3 is 2.54 bits per heavy atom. The summed E-state index contributed by atoms with van der Waals surface area (Å²) in [5.41, 5.74) is 5.59. The van der Waals surface area contributed by atoms with Gasteiger partial charge in [0.05, 0.1) is 7.11 Å². The Hall–Kier alpha value is -0.220. The van der Waals surface area contributed by atoms with Crippen molar-refractivity contribution in [2.24, 2.45) is 5.73 Å². The summed E-state index contributed by atoms with van der Waals surface area (Å²) in [6, 6.07) is -0.499. The molecular formula is C9H19NO2S. The van der Waals surface area contributed by atoms with E-state index in [1.165, 1.54) is 7.11 Å². The molecule has 0 aromatic heterocycles. The van der Waals surface area contributed by atoms with Gasteiger partial charge in [-0.1, -0.05) is 20.8 Å². The van der Waals surface area contributed by atoms with Gasteiger partial charge in [-0.25, -0.2) is 0 Å². The van der Waals surface area contributed by atoms with Gasteiger partial charge in [0.15, 0.2) is 0 Å². The van der Waals surface area contributed by atoms with Crippen molar-refractivity contribution >= 4 is 17.7 Å². The third kappa shape index (κ3) is 5.16. The molecule has 1 unspecified atom stereocenters. The first-order valence-electron chi connectivity index (χ1n) is 4.40. The molecule has 0 saturated carbocycles. The van der Waals surface area contributed by atoms with E-state index in [4.69, 9.17) is 5.73 Å². The maximum absolute atomic E-state index is 11.0. The molecule has 0 fully saturated rings. The van der Waals surface area contributed by atoms with E-state index in [9.17, 15) is 4.79 Å². The van der Waals surface area contributed by atoms with Gasteiger partial charge in [0.1, 0.15) is 6.04 Å². The van der Waals surface area contributed by atoms with Crippen molar-refractivity contribution in [1.29, 1.82) is 0 Å². The zero-order valence-electron chi connectivity index (χ0n) is 8.79. The van der Waals surface area contributed by atoms with Gasteiger partial charge in [-0.05, 0) is 6.42 Å². The minimum atomic E-state index is -0.499. The molecule has 1 atom stereocenters.